The van der Waals surface area contributed by atoms with Gasteiger partial charge in [-0.05, 0) is 30.9 Å². The van der Waals surface area contributed by atoms with Gasteiger partial charge < -0.3 is 4.90 Å². The Morgan fingerprint density at radius 2 is 1.74 bits per heavy atom. The summed E-state index contributed by atoms with van der Waals surface area (Å²) in [6.45, 7) is 1.79. The van der Waals surface area contributed by atoms with E-state index in [9.17, 15) is 13.2 Å². The SMILES string of the molecule is O=C1CCCN1C1CCN(S(=O)(=O)C=Cc2ccccc2)CC1. The topological polar surface area (TPSA) is 57.7 Å². The molecule has 0 aliphatic carbocycles. The summed E-state index contributed by atoms with van der Waals surface area (Å²) < 4.78 is 26.3. The summed E-state index contributed by atoms with van der Waals surface area (Å²) in [5, 5.41) is 1.28. The maximum Gasteiger partial charge on any atom is 0.236 e. The van der Waals surface area contributed by atoms with E-state index in [2.05, 4.69) is 0 Å². The number of sulfonamides is 1. The van der Waals surface area contributed by atoms with Gasteiger partial charge in [-0.15, -0.1) is 0 Å². The zero-order chi connectivity index (χ0) is 16.3. The highest BCUT2D eigenvalue weighted by molar-refractivity contribution is 7.92. The number of carbonyl (C=O) groups is 1. The van der Waals surface area contributed by atoms with E-state index in [1.54, 1.807) is 6.08 Å². The van der Waals surface area contributed by atoms with E-state index in [1.165, 1.54) is 9.71 Å². The second kappa shape index (κ2) is 6.84. The van der Waals surface area contributed by atoms with Gasteiger partial charge in [-0.3, -0.25) is 4.79 Å². The van der Waals surface area contributed by atoms with Gasteiger partial charge in [0.25, 0.3) is 0 Å². The Kier molecular flexibility index (Phi) is 4.82. The molecule has 1 aromatic carbocycles. The van der Waals surface area contributed by atoms with Gasteiger partial charge in [-0.25, -0.2) is 8.42 Å². The summed E-state index contributed by atoms with van der Waals surface area (Å²) in [5.41, 5.74) is 0.869. The van der Waals surface area contributed by atoms with Crippen molar-refractivity contribution < 1.29 is 13.2 Å². The molecule has 0 radical (unpaired) electrons. The molecular formula is C17H22N2O3S. The van der Waals surface area contributed by atoms with Crippen LogP contribution < -0.4 is 0 Å². The van der Waals surface area contributed by atoms with Gasteiger partial charge in [-0.2, -0.15) is 4.31 Å². The van der Waals surface area contributed by atoms with Gasteiger partial charge >= 0.3 is 0 Å². The Hall–Kier alpha value is -1.66. The molecular weight excluding hydrogens is 312 g/mol. The highest BCUT2D eigenvalue weighted by atomic mass is 32.2. The first kappa shape index (κ1) is 16.2. The maximum absolute atomic E-state index is 12.4. The number of carbonyl (C=O) groups excluding carboxylic acids is 1. The minimum Gasteiger partial charge on any atom is -0.340 e. The smallest absolute Gasteiger partial charge is 0.236 e. The lowest BCUT2D eigenvalue weighted by molar-refractivity contribution is -0.130. The molecule has 0 bridgehead atoms. The van der Waals surface area contributed by atoms with Crippen molar-refractivity contribution in [1.29, 1.82) is 0 Å². The molecule has 2 aliphatic heterocycles. The summed E-state index contributed by atoms with van der Waals surface area (Å²) in [5.74, 6) is 0.218. The first-order valence-corrected chi connectivity index (χ1v) is 9.59. The molecule has 2 aliphatic rings. The quantitative estimate of drug-likeness (QED) is 0.847. The van der Waals surface area contributed by atoms with Crippen molar-refractivity contribution in [1.82, 2.24) is 9.21 Å². The number of rotatable bonds is 4. The minimum absolute atomic E-state index is 0.203. The summed E-state index contributed by atoms with van der Waals surface area (Å²) in [6.07, 6.45) is 4.65. The van der Waals surface area contributed by atoms with Crippen molar-refractivity contribution in [3.8, 4) is 0 Å². The van der Waals surface area contributed by atoms with E-state index < -0.39 is 10.0 Å². The number of nitrogens with zero attached hydrogens (tertiary/aromatic N) is 2. The molecule has 124 valence electrons. The van der Waals surface area contributed by atoms with Gasteiger partial charge in [0.1, 0.15) is 0 Å². The molecule has 2 saturated heterocycles. The van der Waals surface area contributed by atoms with E-state index >= 15 is 0 Å². The summed E-state index contributed by atoms with van der Waals surface area (Å²) in [4.78, 5) is 13.7. The fourth-order valence-corrected chi connectivity index (χ4v) is 4.50. The lowest BCUT2D eigenvalue weighted by Gasteiger charge is -2.35. The third-order valence-electron chi connectivity index (χ3n) is 4.57. The third-order valence-corrected chi connectivity index (χ3v) is 6.13. The maximum atomic E-state index is 12.4. The van der Waals surface area contributed by atoms with Crippen molar-refractivity contribution in [2.45, 2.75) is 31.7 Å². The Balaban J connectivity index is 1.60. The van der Waals surface area contributed by atoms with Crippen LogP contribution in [0.25, 0.3) is 6.08 Å². The van der Waals surface area contributed by atoms with Crippen LogP contribution in [0.4, 0.5) is 0 Å². The molecule has 0 aromatic heterocycles. The molecule has 5 nitrogen and oxygen atoms in total. The van der Waals surface area contributed by atoms with Gasteiger partial charge in [-0.1, -0.05) is 30.3 Å². The molecule has 2 heterocycles. The first-order valence-electron chi connectivity index (χ1n) is 8.09. The largest absolute Gasteiger partial charge is 0.340 e. The number of hydrogen-bond acceptors (Lipinski definition) is 3. The average molecular weight is 334 g/mol. The van der Waals surface area contributed by atoms with Crippen LogP contribution in [0.2, 0.25) is 0 Å². The predicted octanol–water partition coefficient (Wildman–Crippen LogP) is 2.07. The fraction of sp³-hybridized carbons (Fsp3) is 0.471. The van der Waals surface area contributed by atoms with Crippen molar-refractivity contribution in [3.63, 3.8) is 0 Å². The molecule has 0 saturated carbocycles. The van der Waals surface area contributed by atoms with Gasteiger partial charge in [0.2, 0.25) is 15.9 Å². The lowest BCUT2D eigenvalue weighted by Crippen LogP contribution is -2.46. The second-order valence-corrected chi connectivity index (χ2v) is 7.90. The van der Waals surface area contributed by atoms with Crippen LogP contribution in [0.3, 0.4) is 0 Å². The molecule has 23 heavy (non-hydrogen) atoms. The number of benzene rings is 1. The van der Waals surface area contributed by atoms with Crippen LogP contribution in [-0.2, 0) is 14.8 Å². The summed E-state index contributed by atoms with van der Waals surface area (Å²) in [7, 11) is -3.39. The van der Waals surface area contributed by atoms with E-state index in [-0.39, 0.29) is 11.9 Å². The molecule has 6 heteroatoms. The van der Waals surface area contributed by atoms with Crippen LogP contribution in [-0.4, -0.2) is 49.2 Å². The van der Waals surface area contributed by atoms with Gasteiger partial charge in [0.15, 0.2) is 0 Å². The van der Waals surface area contributed by atoms with Crippen LogP contribution >= 0.6 is 0 Å². The van der Waals surface area contributed by atoms with E-state index in [4.69, 9.17) is 0 Å². The van der Waals surface area contributed by atoms with Gasteiger partial charge in [0.05, 0.1) is 0 Å². The number of piperidine rings is 1. The summed E-state index contributed by atoms with van der Waals surface area (Å²) in [6, 6.07) is 9.61. The number of hydrogen-bond donors (Lipinski definition) is 0. The monoisotopic (exact) mass is 334 g/mol. The van der Waals surface area contributed by atoms with Crippen molar-refractivity contribution in [2.24, 2.45) is 0 Å². The van der Waals surface area contributed by atoms with Crippen molar-refractivity contribution in [3.05, 3.63) is 41.3 Å². The first-order chi connectivity index (χ1) is 11.1. The Labute approximate surface area is 137 Å². The minimum atomic E-state index is -3.39. The van der Waals surface area contributed by atoms with E-state index in [0.29, 0.717) is 19.5 Å². The van der Waals surface area contributed by atoms with Crippen molar-refractivity contribution in [2.75, 3.05) is 19.6 Å². The molecule has 1 amide bonds. The van der Waals surface area contributed by atoms with Crippen LogP contribution in [0.5, 0.6) is 0 Å². The molecule has 0 unspecified atom stereocenters. The Morgan fingerprint density at radius 3 is 2.35 bits per heavy atom. The van der Waals surface area contributed by atoms with Crippen LogP contribution in [0, 0.1) is 0 Å². The van der Waals surface area contributed by atoms with E-state index in [1.807, 2.05) is 35.2 Å². The van der Waals surface area contributed by atoms with E-state index in [0.717, 1.165) is 31.4 Å². The van der Waals surface area contributed by atoms with Crippen LogP contribution in [0.15, 0.2) is 35.7 Å². The molecule has 0 spiro atoms. The lowest BCUT2D eigenvalue weighted by atomic mass is 10.1. The normalized spacial score (nSPS) is 21.4. The highest BCUT2D eigenvalue weighted by Crippen LogP contribution is 2.24. The molecule has 0 N–H and O–H groups in total. The molecule has 1 aromatic rings. The fourth-order valence-electron chi connectivity index (χ4n) is 3.28. The molecule has 3 rings (SSSR count). The predicted molar refractivity (Wildman–Crippen MR) is 89.9 cm³/mol. The number of likely N-dealkylation sites (tertiary alicyclic amines) is 1. The average Bonchev–Trinajstić information content (AvgIpc) is 3.00. The van der Waals surface area contributed by atoms with Gasteiger partial charge in [0, 0.05) is 37.5 Å². The third kappa shape index (κ3) is 3.82. The highest BCUT2D eigenvalue weighted by Gasteiger charge is 2.33. The number of amides is 1. The standard InChI is InChI=1S/C17H22N2O3S/c20-17-7-4-11-19(17)16-8-12-18(13-9-16)23(21,22)14-10-15-5-2-1-3-6-15/h1-3,5-6,10,14,16H,4,7-9,11-13H2. The molecule has 0 atom stereocenters. The Morgan fingerprint density at radius 1 is 1.04 bits per heavy atom. The Bertz CT molecular complexity index is 677. The van der Waals surface area contributed by atoms with Crippen molar-refractivity contribution >= 4 is 22.0 Å². The summed E-state index contributed by atoms with van der Waals surface area (Å²) >= 11 is 0. The molecule has 2 fully saturated rings. The zero-order valence-corrected chi connectivity index (χ0v) is 13.9. The zero-order valence-electron chi connectivity index (χ0n) is 13.1. The van der Waals surface area contributed by atoms with Crippen LogP contribution in [0.1, 0.15) is 31.2 Å². The second-order valence-electron chi connectivity index (χ2n) is 6.08.